The summed E-state index contributed by atoms with van der Waals surface area (Å²) >= 11 is 2.34. The fourth-order valence-corrected chi connectivity index (χ4v) is 2.30. The number of aromatic nitrogens is 2. The molecule has 0 radical (unpaired) electrons. The zero-order chi connectivity index (χ0) is 8.72. The van der Waals surface area contributed by atoms with Crippen LogP contribution in [0.3, 0.4) is 0 Å². The molecule has 0 amide bonds. The molecule has 0 unspecified atom stereocenters. The second kappa shape index (κ2) is 2.73. The Kier molecular flexibility index (Phi) is 1.83. The third-order valence-corrected chi connectivity index (χ3v) is 2.89. The molecule has 0 spiro atoms. The first-order valence-corrected chi connectivity index (χ1v) is 4.84. The Morgan fingerprint density at radius 3 is 2.92 bits per heavy atom. The molecule has 0 aliphatic rings. The van der Waals surface area contributed by atoms with Gasteiger partial charge in [-0.15, -0.1) is 0 Å². The molecule has 2 heterocycles. The van der Waals surface area contributed by atoms with E-state index in [0.29, 0.717) is 0 Å². The molecule has 2 aromatic heterocycles. The number of aryl methyl sites for hydroxylation is 2. The van der Waals surface area contributed by atoms with E-state index in [2.05, 4.69) is 45.3 Å². The molecule has 62 valence electrons. The Bertz CT molecular complexity index is 431. The highest BCUT2D eigenvalue weighted by molar-refractivity contribution is 14.1. The smallest absolute Gasteiger partial charge is 0.140 e. The molecule has 0 atom stereocenters. The van der Waals surface area contributed by atoms with E-state index in [-0.39, 0.29) is 0 Å². The highest BCUT2D eigenvalue weighted by Crippen LogP contribution is 2.22. The van der Waals surface area contributed by atoms with Crippen molar-refractivity contribution in [2.75, 3.05) is 0 Å². The van der Waals surface area contributed by atoms with Crippen molar-refractivity contribution in [3.05, 3.63) is 27.6 Å². The second-order valence-electron chi connectivity index (χ2n) is 2.91. The van der Waals surface area contributed by atoms with Gasteiger partial charge in [-0.1, -0.05) is 0 Å². The number of fused-ring (bicyclic) bond motifs is 1. The highest BCUT2D eigenvalue weighted by Gasteiger charge is 2.05. The summed E-state index contributed by atoms with van der Waals surface area (Å²) in [7, 11) is 2.03. The van der Waals surface area contributed by atoms with E-state index in [1.165, 1.54) is 14.5 Å². The molecule has 0 fully saturated rings. The molecule has 0 aliphatic carbocycles. The maximum absolute atomic E-state index is 4.32. The summed E-state index contributed by atoms with van der Waals surface area (Å²) in [6, 6.07) is 2.04. The predicted octanol–water partition coefficient (Wildman–Crippen LogP) is 2.49. The molecule has 2 nitrogen and oxygen atoms in total. The number of halogens is 1. The van der Waals surface area contributed by atoms with Gasteiger partial charge in [0.05, 0.1) is 0 Å². The molecule has 3 heteroatoms. The summed E-state index contributed by atoms with van der Waals surface area (Å²) in [5, 5.41) is 1.28. The minimum absolute atomic E-state index is 1.07. The van der Waals surface area contributed by atoms with Crippen molar-refractivity contribution in [2.24, 2.45) is 7.05 Å². The predicted molar refractivity (Wildman–Crippen MR) is 58.2 cm³/mol. The van der Waals surface area contributed by atoms with Crippen LogP contribution in [0.4, 0.5) is 0 Å². The van der Waals surface area contributed by atoms with E-state index in [1.54, 1.807) is 0 Å². The van der Waals surface area contributed by atoms with E-state index in [1.807, 2.05) is 19.3 Å². The van der Waals surface area contributed by atoms with Gasteiger partial charge >= 0.3 is 0 Å². The van der Waals surface area contributed by atoms with Crippen LogP contribution in [0.5, 0.6) is 0 Å². The van der Waals surface area contributed by atoms with Gasteiger partial charge in [0, 0.05) is 28.4 Å². The van der Waals surface area contributed by atoms with Crippen LogP contribution in [0.2, 0.25) is 0 Å². The van der Waals surface area contributed by atoms with Gasteiger partial charge in [-0.3, -0.25) is 0 Å². The Balaban J connectivity index is 2.99. The summed E-state index contributed by atoms with van der Waals surface area (Å²) in [6.07, 6.45) is 3.96. The van der Waals surface area contributed by atoms with Crippen molar-refractivity contribution in [1.82, 2.24) is 9.55 Å². The Labute approximate surface area is 84.7 Å². The molecule has 0 saturated carbocycles. The highest BCUT2D eigenvalue weighted by atomic mass is 127. The molecular weight excluding hydrogens is 263 g/mol. The maximum atomic E-state index is 4.32. The van der Waals surface area contributed by atoms with Gasteiger partial charge in [0.1, 0.15) is 5.65 Å². The summed E-state index contributed by atoms with van der Waals surface area (Å²) in [5.41, 5.74) is 2.37. The van der Waals surface area contributed by atoms with Crippen LogP contribution in [-0.2, 0) is 7.05 Å². The van der Waals surface area contributed by atoms with Crippen LogP contribution >= 0.6 is 22.6 Å². The van der Waals surface area contributed by atoms with Crippen LogP contribution in [0.25, 0.3) is 11.0 Å². The van der Waals surface area contributed by atoms with Crippen molar-refractivity contribution in [3.63, 3.8) is 0 Å². The van der Waals surface area contributed by atoms with E-state index in [0.717, 1.165) is 5.65 Å². The summed E-state index contributed by atoms with van der Waals surface area (Å²) in [4.78, 5) is 4.32. The molecule has 2 rings (SSSR count). The molecule has 0 aromatic carbocycles. The Morgan fingerprint density at radius 2 is 2.25 bits per heavy atom. The fourth-order valence-electron chi connectivity index (χ4n) is 1.48. The van der Waals surface area contributed by atoms with Crippen molar-refractivity contribution in [3.8, 4) is 0 Å². The van der Waals surface area contributed by atoms with Gasteiger partial charge in [-0.2, -0.15) is 0 Å². The molecule has 2 aromatic rings. The van der Waals surface area contributed by atoms with Crippen LogP contribution in [0, 0.1) is 10.5 Å². The van der Waals surface area contributed by atoms with Crippen molar-refractivity contribution >= 4 is 33.6 Å². The van der Waals surface area contributed by atoms with E-state index in [9.17, 15) is 0 Å². The Morgan fingerprint density at radius 1 is 1.50 bits per heavy atom. The lowest BCUT2D eigenvalue weighted by molar-refractivity contribution is 0.944. The summed E-state index contributed by atoms with van der Waals surface area (Å²) in [6.45, 7) is 2.12. The number of rotatable bonds is 0. The summed E-state index contributed by atoms with van der Waals surface area (Å²) < 4.78 is 3.34. The van der Waals surface area contributed by atoms with Crippen molar-refractivity contribution in [2.45, 2.75) is 6.92 Å². The zero-order valence-corrected chi connectivity index (χ0v) is 9.16. The largest absolute Gasteiger partial charge is 0.335 e. The third-order valence-electron chi connectivity index (χ3n) is 2.00. The topological polar surface area (TPSA) is 17.8 Å². The third kappa shape index (κ3) is 1.03. The average Bonchev–Trinajstić information content (AvgIpc) is 2.29. The molecule has 0 bridgehead atoms. The minimum Gasteiger partial charge on any atom is -0.335 e. The zero-order valence-electron chi connectivity index (χ0n) is 7.00. The van der Waals surface area contributed by atoms with Crippen molar-refractivity contribution < 1.29 is 0 Å². The number of hydrogen-bond acceptors (Lipinski definition) is 1. The first-order chi connectivity index (χ1) is 5.70. The van der Waals surface area contributed by atoms with Crippen LogP contribution in [0.1, 0.15) is 5.56 Å². The molecule has 0 saturated heterocycles. The van der Waals surface area contributed by atoms with Gasteiger partial charge in [-0.05, 0) is 41.1 Å². The quantitative estimate of drug-likeness (QED) is 0.674. The van der Waals surface area contributed by atoms with Crippen molar-refractivity contribution in [1.29, 1.82) is 0 Å². The normalized spacial score (nSPS) is 10.9. The molecule has 0 aliphatic heterocycles. The standard InChI is InChI=1S/C9H9IN2/c1-6-5-12(2)9-8(6)7(10)3-4-11-9/h3-5H,1-2H3. The van der Waals surface area contributed by atoms with Gasteiger partial charge in [-0.25, -0.2) is 4.98 Å². The van der Waals surface area contributed by atoms with Gasteiger partial charge < -0.3 is 4.57 Å². The first-order valence-electron chi connectivity index (χ1n) is 3.76. The molecular formula is C9H9IN2. The number of hydrogen-bond donors (Lipinski definition) is 0. The van der Waals surface area contributed by atoms with Gasteiger partial charge in [0.25, 0.3) is 0 Å². The van der Waals surface area contributed by atoms with Gasteiger partial charge in [0.2, 0.25) is 0 Å². The van der Waals surface area contributed by atoms with Crippen LogP contribution < -0.4 is 0 Å². The van der Waals surface area contributed by atoms with E-state index in [4.69, 9.17) is 0 Å². The molecule has 0 N–H and O–H groups in total. The Hall–Kier alpha value is -0.580. The fraction of sp³-hybridized carbons (Fsp3) is 0.222. The van der Waals surface area contributed by atoms with Crippen LogP contribution in [0.15, 0.2) is 18.5 Å². The average molecular weight is 272 g/mol. The lowest BCUT2D eigenvalue weighted by atomic mass is 10.2. The number of nitrogens with zero attached hydrogens (tertiary/aromatic N) is 2. The lowest BCUT2D eigenvalue weighted by Crippen LogP contribution is -1.87. The van der Waals surface area contributed by atoms with Gasteiger partial charge in [0.15, 0.2) is 0 Å². The molecule has 12 heavy (non-hydrogen) atoms. The second-order valence-corrected chi connectivity index (χ2v) is 4.08. The summed E-state index contributed by atoms with van der Waals surface area (Å²) in [5.74, 6) is 0. The first kappa shape index (κ1) is 8.04. The monoisotopic (exact) mass is 272 g/mol. The SMILES string of the molecule is Cc1cn(C)c2nccc(I)c12. The minimum atomic E-state index is 1.07. The number of pyridine rings is 1. The van der Waals surface area contributed by atoms with Crippen LogP contribution in [-0.4, -0.2) is 9.55 Å². The van der Waals surface area contributed by atoms with E-state index < -0.39 is 0 Å². The lowest BCUT2D eigenvalue weighted by Gasteiger charge is -1.95. The van der Waals surface area contributed by atoms with E-state index >= 15 is 0 Å². The maximum Gasteiger partial charge on any atom is 0.140 e.